The third-order valence-electron chi connectivity index (χ3n) is 3.49. The quantitative estimate of drug-likeness (QED) is 0.769. The Hall–Kier alpha value is -0.830. The SMILES string of the molecule is Cc1ccn2c(Br)c(C3CCCC3)nc2c1. The average molecular weight is 279 g/mol. The minimum Gasteiger partial charge on any atom is -0.294 e. The molecule has 2 aromatic rings. The summed E-state index contributed by atoms with van der Waals surface area (Å²) in [6, 6.07) is 4.26. The van der Waals surface area contributed by atoms with Gasteiger partial charge >= 0.3 is 0 Å². The second-order valence-corrected chi connectivity index (χ2v) is 5.45. The van der Waals surface area contributed by atoms with Gasteiger partial charge < -0.3 is 0 Å². The molecular formula is C13H15BrN2. The van der Waals surface area contributed by atoms with Gasteiger partial charge in [-0.1, -0.05) is 12.8 Å². The summed E-state index contributed by atoms with van der Waals surface area (Å²) >= 11 is 3.69. The van der Waals surface area contributed by atoms with Crippen molar-refractivity contribution in [3.63, 3.8) is 0 Å². The van der Waals surface area contributed by atoms with Gasteiger partial charge in [-0.15, -0.1) is 0 Å². The summed E-state index contributed by atoms with van der Waals surface area (Å²) in [6.45, 7) is 2.11. The Morgan fingerprint density at radius 1 is 1.38 bits per heavy atom. The van der Waals surface area contributed by atoms with Gasteiger partial charge in [0.15, 0.2) is 0 Å². The number of rotatable bonds is 1. The van der Waals surface area contributed by atoms with E-state index in [-0.39, 0.29) is 0 Å². The summed E-state index contributed by atoms with van der Waals surface area (Å²) in [7, 11) is 0. The first-order chi connectivity index (χ1) is 7.75. The molecule has 0 atom stereocenters. The molecule has 0 aromatic carbocycles. The number of imidazole rings is 1. The van der Waals surface area contributed by atoms with Crippen LogP contribution in [0.1, 0.15) is 42.9 Å². The van der Waals surface area contributed by atoms with Gasteiger partial charge in [-0.2, -0.15) is 0 Å². The number of halogens is 1. The maximum absolute atomic E-state index is 4.77. The molecule has 0 aliphatic heterocycles. The molecule has 1 saturated carbocycles. The van der Waals surface area contributed by atoms with Crippen molar-refractivity contribution in [3.8, 4) is 0 Å². The van der Waals surface area contributed by atoms with Crippen LogP contribution in [0.4, 0.5) is 0 Å². The van der Waals surface area contributed by atoms with Gasteiger partial charge in [0.1, 0.15) is 10.3 Å². The van der Waals surface area contributed by atoms with E-state index in [2.05, 4.69) is 45.6 Å². The van der Waals surface area contributed by atoms with Crippen molar-refractivity contribution in [3.05, 3.63) is 34.2 Å². The standard InChI is InChI=1S/C13H15BrN2/c1-9-6-7-16-11(8-9)15-12(13(16)14)10-4-2-3-5-10/h6-8,10H,2-5H2,1H3. The lowest BCUT2D eigenvalue weighted by molar-refractivity contribution is 0.699. The number of hydrogen-bond acceptors (Lipinski definition) is 1. The van der Waals surface area contributed by atoms with Crippen LogP contribution in [0.5, 0.6) is 0 Å². The number of fused-ring (bicyclic) bond motifs is 1. The molecule has 2 heterocycles. The first kappa shape index (κ1) is 10.3. The van der Waals surface area contributed by atoms with Gasteiger partial charge in [0.25, 0.3) is 0 Å². The molecule has 0 bridgehead atoms. The Kier molecular flexibility index (Phi) is 2.51. The van der Waals surface area contributed by atoms with Crippen molar-refractivity contribution in [2.24, 2.45) is 0 Å². The van der Waals surface area contributed by atoms with Crippen LogP contribution in [0.15, 0.2) is 22.9 Å². The third-order valence-corrected chi connectivity index (χ3v) is 4.28. The second-order valence-electron chi connectivity index (χ2n) is 4.70. The van der Waals surface area contributed by atoms with E-state index in [1.54, 1.807) is 0 Å². The first-order valence-corrected chi connectivity index (χ1v) is 6.69. The summed E-state index contributed by atoms with van der Waals surface area (Å²) in [5, 5.41) is 0. The molecule has 2 nitrogen and oxygen atoms in total. The maximum atomic E-state index is 4.77. The Bertz CT molecular complexity index is 524. The molecule has 1 aliphatic rings. The molecular weight excluding hydrogens is 264 g/mol. The monoisotopic (exact) mass is 278 g/mol. The maximum Gasteiger partial charge on any atom is 0.138 e. The molecule has 0 spiro atoms. The molecule has 84 valence electrons. The highest BCUT2D eigenvalue weighted by Gasteiger charge is 2.23. The highest BCUT2D eigenvalue weighted by molar-refractivity contribution is 9.10. The lowest BCUT2D eigenvalue weighted by atomic mass is 10.1. The van der Waals surface area contributed by atoms with E-state index in [0.29, 0.717) is 5.92 Å². The van der Waals surface area contributed by atoms with E-state index in [1.165, 1.54) is 36.9 Å². The van der Waals surface area contributed by atoms with Crippen molar-refractivity contribution in [1.82, 2.24) is 9.38 Å². The zero-order valence-corrected chi connectivity index (χ0v) is 11.0. The fraction of sp³-hybridized carbons (Fsp3) is 0.462. The molecule has 2 aromatic heterocycles. The van der Waals surface area contributed by atoms with E-state index in [4.69, 9.17) is 4.98 Å². The number of nitrogens with zero attached hydrogens (tertiary/aromatic N) is 2. The van der Waals surface area contributed by atoms with E-state index < -0.39 is 0 Å². The molecule has 3 heteroatoms. The van der Waals surface area contributed by atoms with Gasteiger partial charge in [0, 0.05) is 12.1 Å². The van der Waals surface area contributed by atoms with Crippen LogP contribution < -0.4 is 0 Å². The minimum absolute atomic E-state index is 0.662. The number of aromatic nitrogens is 2. The molecule has 1 fully saturated rings. The van der Waals surface area contributed by atoms with Gasteiger partial charge in [0.2, 0.25) is 0 Å². The molecule has 0 amide bonds. The highest BCUT2D eigenvalue weighted by Crippen LogP contribution is 2.37. The Balaban J connectivity index is 2.14. The van der Waals surface area contributed by atoms with E-state index >= 15 is 0 Å². The summed E-state index contributed by atoms with van der Waals surface area (Å²) in [6.07, 6.45) is 7.39. The normalized spacial score (nSPS) is 17.4. The largest absolute Gasteiger partial charge is 0.294 e. The van der Waals surface area contributed by atoms with Crippen LogP contribution in [0, 0.1) is 6.92 Å². The van der Waals surface area contributed by atoms with Crippen molar-refractivity contribution in [2.75, 3.05) is 0 Å². The smallest absolute Gasteiger partial charge is 0.138 e. The van der Waals surface area contributed by atoms with Crippen LogP contribution in [-0.2, 0) is 0 Å². The summed E-state index contributed by atoms with van der Waals surface area (Å²) < 4.78 is 3.29. The number of aryl methyl sites for hydroxylation is 1. The van der Waals surface area contributed by atoms with Crippen LogP contribution in [-0.4, -0.2) is 9.38 Å². The van der Waals surface area contributed by atoms with Crippen molar-refractivity contribution in [1.29, 1.82) is 0 Å². The number of pyridine rings is 1. The molecule has 0 unspecified atom stereocenters. The molecule has 16 heavy (non-hydrogen) atoms. The predicted octanol–water partition coefficient (Wildman–Crippen LogP) is 4.06. The van der Waals surface area contributed by atoms with Crippen LogP contribution in [0.25, 0.3) is 5.65 Å². The van der Waals surface area contributed by atoms with Crippen LogP contribution in [0.2, 0.25) is 0 Å². The summed E-state index contributed by atoms with van der Waals surface area (Å²) in [5.41, 5.74) is 3.58. The van der Waals surface area contributed by atoms with Gasteiger partial charge in [-0.05, 0) is 53.4 Å². The first-order valence-electron chi connectivity index (χ1n) is 5.90. The Morgan fingerprint density at radius 2 is 2.12 bits per heavy atom. The fourth-order valence-corrected chi connectivity index (χ4v) is 3.31. The fourth-order valence-electron chi connectivity index (χ4n) is 2.59. The van der Waals surface area contributed by atoms with Gasteiger partial charge in [-0.25, -0.2) is 4.98 Å². The Morgan fingerprint density at radius 3 is 2.88 bits per heavy atom. The summed E-state index contributed by atoms with van der Waals surface area (Å²) in [5.74, 6) is 0.662. The average Bonchev–Trinajstić information content (AvgIpc) is 2.86. The molecule has 1 aliphatic carbocycles. The highest BCUT2D eigenvalue weighted by atomic mass is 79.9. The van der Waals surface area contributed by atoms with E-state index in [9.17, 15) is 0 Å². The second kappa shape index (κ2) is 3.88. The van der Waals surface area contributed by atoms with Gasteiger partial charge in [-0.3, -0.25) is 4.40 Å². The van der Waals surface area contributed by atoms with Gasteiger partial charge in [0.05, 0.1) is 5.69 Å². The zero-order chi connectivity index (χ0) is 11.1. The van der Waals surface area contributed by atoms with Crippen molar-refractivity contribution in [2.45, 2.75) is 38.5 Å². The molecule has 0 N–H and O–H groups in total. The lowest BCUT2D eigenvalue weighted by Gasteiger charge is -2.04. The van der Waals surface area contributed by atoms with Crippen LogP contribution >= 0.6 is 15.9 Å². The number of hydrogen-bond donors (Lipinski definition) is 0. The Labute approximate surface area is 104 Å². The topological polar surface area (TPSA) is 17.3 Å². The van der Waals surface area contributed by atoms with Crippen LogP contribution in [0.3, 0.4) is 0 Å². The zero-order valence-electron chi connectivity index (χ0n) is 9.41. The van der Waals surface area contributed by atoms with E-state index in [1.807, 2.05) is 0 Å². The summed E-state index contributed by atoms with van der Waals surface area (Å²) in [4.78, 5) is 4.77. The predicted molar refractivity (Wildman–Crippen MR) is 68.8 cm³/mol. The minimum atomic E-state index is 0.662. The lowest BCUT2D eigenvalue weighted by Crippen LogP contribution is -1.93. The van der Waals surface area contributed by atoms with Crippen molar-refractivity contribution >= 4 is 21.6 Å². The molecule has 3 rings (SSSR count). The molecule has 0 saturated heterocycles. The van der Waals surface area contributed by atoms with Crippen molar-refractivity contribution < 1.29 is 0 Å². The van der Waals surface area contributed by atoms with E-state index in [0.717, 1.165) is 10.3 Å². The molecule has 0 radical (unpaired) electrons. The third kappa shape index (κ3) is 1.58.